The molecule has 0 saturated heterocycles. The predicted molar refractivity (Wildman–Crippen MR) is 57.0 cm³/mol. The van der Waals surface area contributed by atoms with E-state index < -0.39 is 0 Å². The Morgan fingerprint density at radius 2 is 2.20 bits per heavy atom. The summed E-state index contributed by atoms with van der Waals surface area (Å²) >= 11 is 0. The SMILES string of the molecule is COc1cc(C)cc(Cc2ncco2)c1. The van der Waals surface area contributed by atoms with Crippen LogP contribution in [0.4, 0.5) is 0 Å². The van der Waals surface area contributed by atoms with E-state index in [1.54, 1.807) is 19.6 Å². The first-order valence-corrected chi connectivity index (χ1v) is 4.81. The first-order valence-electron chi connectivity index (χ1n) is 4.81. The second-order valence-electron chi connectivity index (χ2n) is 3.46. The Labute approximate surface area is 88.7 Å². The minimum absolute atomic E-state index is 0.699. The molecular weight excluding hydrogens is 190 g/mol. The third kappa shape index (κ3) is 2.37. The highest BCUT2D eigenvalue weighted by molar-refractivity contribution is 5.34. The Kier molecular flexibility index (Phi) is 2.72. The standard InChI is InChI=1S/C12H13NO2/c1-9-5-10(7-11(6-9)14-2)8-12-13-3-4-15-12/h3-7H,8H2,1-2H3. The van der Waals surface area contributed by atoms with Crippen LogP contribution in [0.5, 0.6) is 5.75 Å². The van der Waals surface area contributed by atoms with E-state index in [9.17, 15) is 0 Å². The first-order chi connectivity index (χ1) is 7.28. The van der Waals surface area contributed by atoms with Gasteiger partial charge in [-0.3, -0.25) is 0 Å². The smallest absolute Gasteiger partial charge is 0.198 e. The van der Waals surface area contributed by atoms with Crippen molar-refractivity contribution in [3.8, 4) is 5.75 Å². The van der Waals surface area contributed by atoms with Crippen LogP contribution in [0, 0.1) is 6.92 Å². The lowest BCUT2D eigenvalue weighted by molar-refractivity contribution is 0.413. The van der Waals surface area contributed by atoms with Crippen LogP contribution in [-0.4, -0.2) is 12.1 Å². The van der Waals surface area contributed by atoms with Gasteiger partial charge >= 0.3 is 0 Å². The summed E-state index contributed by atoms with van der Waals surface area (Å²) in [6, 6.07) is 6.10. The van der Waals surface area contributed by atoms with Crippen molar-refractivity contribution in [2.45, 2.75) is 13.3 Å². The second-order valence-corrected chi connectivity index (χ2v) is 3.46. The largest absolute Gasteiger partial charge is 0.497 e. The van der Waals surface area contributed by atoms with Crippen molar-refractivity contribution >= 4 is 0 Å². The number of ether oxygens (including phenoxy) is 1. The number of hydrogen-bond acceptors (Lipinski definition) is 3. The molecule has 2 aromatic rings. The molecule has 0 aliphatic rings. The summed E-state index contributed by atoms with van der Waals surface area (Å²) in [6.07, 6.45) is 3.94. The van der Waals surface area contributed by atoms with Gasteiger partial charge in [-0.2, -0.15) is 0 Å². The Morgan fingerprint density at radius 1 is 1.33 bits per heavy atom. The Morgan fingerprint density at radius 3 is 2.87 bits per heavy atom. The van der Waals surface area contributed by atoms with Gasteiger partial charge in [0.2, 0.25) is 0 Å². The van der Waals surface area contributed by atoms with Gasteiger partial charge in [0.1, 0.15) is 12.0 Å². The van der Waals surface area contributed by atoms with E-state index in [0.717, 1.165) is 17.2 Å². The number of aromatic nitrogens is 1. The van der Waals surface area contributed by atoms with Crippen LogP contribution in [0.3, 0.4) is 0 Å². The van der Waals surface area contributed by atoms with Gasteiger partial charge in [0.25, 0.3) is 0 Å². The summed E-state index contributed by atoms with van der Waals surface area (Å²) in [5.41, 5.74) is 2.32. The molecule has 1 heterocycles. The average Bonchev–Trinajstić information content (AvgIpc) is 2.69. The molecule has 0 bridgehead atoms. The number of rotatable bonds is 3. The van der Waals surface area contributed by atoms with E-state index in [-0.39, 0.29) is 0 Å². The lowest BCUT2D eigenvalue weighted by Crippen LogP contribution is -1.91. The quantitative estimate of drug-likeness (QED) is 0.769. The predicted octanol–water partition coefficient (Wildman–Crippen LogP) is 2.58. The molecule has 0 radical (unpaired) electrons. The Bertz CT molecular complexity index is 435. The van der Waals surface area contributed by atoms with Crippen LogP contribution in [-0.2, 0) is 6.42 Å². The molecule has 0 fully saturated rings. The zero-order valence-corrected chi connectivity index (χ0v) is 8.86. The number of hydrogen-bond donors (Lipinski definition) is 0. The van der Waals surface area contributed by atoms with E-state index in [1.165, 1.54) is 5.56 Å². The van der Waals surface area contributed by atoms with Gasteiger partial charge in [0.15, 0.2) is 5.89 Å². The number of nitrogens with zero attached hydrogens (tertiary/aromatic N) is 1. The molecule has 0 amide bonds. The summed E-state index contributed by atoms with van der Waals surface area (Å²) in [5.74, 6) is 1.60. The number of oxazole rings is 1. The van der Waals surface area contributed by atoms with Gasteiger partial charge < -0.3 is 9.15 Å². The highest BCUT2D eigenvalue weighted by Gasteiger charge is 2.03. The summed E-state index contributed by atoms with van der Waals surface area (Å²) in [5, 5.41) is 0. The van der Waals surface area contributed by atoms with E-state index in [2.05, 4.69) is 11.1 Å². The van der Waals surface area contributed by atoms with E-state index in [0.29, 0.717) is 6.42 Å². The van der Waals surface area contributed by atoms with Crippen molar-refractivity contribution in [1.29, 1.82) is 0 Å². The maximum Gasteiger partial charge on any atom is 0.198 e. The van der Waals surface area contributed by atoms with Gasteiger partial charge in [-0.25, -0.2) is 4.98 Å². The molecular formula is C12H13NO2. The number of methoxy groups -OCH3 is 1. The lowest BCUT2D eigenvalue weighted by atomic mass is 10.1. The van der Waals surface area contributed by atoms with Crippen LogP contribution >= 0.6 is 0 Å². The first kappa shape index (κ1) is 9.77. The van der Waals surface area contributed by atoms with Crippen molar-refractivity contribution in [3.05, 3.63) is 47.7 Å². The van der Waals surface area contributed by atoms with Gasteiger partial charge in [0.05, 0.1) is 13.3 Å². The van der Waals surface area contributed by atoms with Crippen LogP contribution in [0.15, 0.2) is 35.1 Å². The molecule has 0 aliphatic carbocycles. The highest BCUT2D eigenvalue weighted by Crippen LogP contribution is 2.18. The molecule has 3 heteroatoms. The average molecular weight is 203 g/mol. The van der Waals surface area contributed by atoms with Crippen LogP contribution in [0.2, 0.25) is 0 Å². The van der Waals surface area contributed by atoms with Crippen LogP contribution in [0.25, 0.3) is 0 Å². The highest BCUT2D eigenvalue weighted by atomic mass is 16.5. The minimum Gasteiger partial charge on any atom is -0.497 e. The van der Waals surface area contributed by atoms with Crippen LogP contribution in [0.1, 0.15) is 17.0 Å². The molecule has 0 spiro atoms. The number of aryl methyl sites for hydroxylation is 1. The van der Waals surface area contributed by atoms with E-state index in [4.69, 9.17) is 9.15 Å². The molecule has 3 nitrogen and oxygen atoms in total. The van der Waals surface area contributed by atoms with Crippen molar-refractivity contribution in [2.75, 3.05) is 7.11 Å². The van der Waals surface area contributed by atoms with Crippen molar-refractivity contribution in [2.24, 2.45) is 0 Å². The zero-order valence-electron chi connectivity index (χ0n) is 8.86. The molecule has 0 aliphatic heterocycles. The van der Waals surface area contributed by atoms with Crippen molar-refractivity contribution < 1.29 is 9.15 Å². The fraction of sp³-hybridized carbons (Fsp3) is 0.250. The molecule has 0 saturated carbocycles. The zero-order chi connectivity index (χ0) is 10.7. The third-order valence-electron chi connectivity index (χ3n) is 2.19. The van der Waals surface area contributed by atoms with E-state index in [1.807, 2.05) is 19.1 Å². The van der Waals surface area contributed by atoms with Gasteiger partial charge in [-0.05, 0) is 30.2 Å². The molecule has 0 N–H and O–H groups in total. The van der Waals surface area contributed by atoms with Crippen LogP contribution < -0.4 is 4.74 Å². The maximum absolute atomic E-state index is 5.20. The monoisotopic (exact) mass is 203 g/mol. The number of benzene rings is 1. The molecule has 1 aromatic heterocycles. The van der Waals surface area contributed by atoms with Gasteiger partial charge in [-0.15, -0.1) is 0 Å². The summed E-state index contributed by atoms with van der Waals surface area (Å²) < 4.78 is 10.4. The molecule has 15 heavy (non-hydrogen) atoms. The molecule has 0 unspecified atom stereocenters. The summed E-state index contributed by atoms with van der Waals surface area (Å²) in [4.78, 5) is 4.09. The third-order valence-corrected chi connectivity index (χ3v) is 2.19. The van der Waals surface area contributed by atoms with Gasteiger partial charge in [-0.1, -0.05) is 6.07 Å². The maximum atomic E-state index is 5.20. The van der Waals surface area contributed by atoms with E-state index >= 15 is 0 Å². The molecule has 78 valence electrons. The minimum atomic E-state index is 0.699. The van der Waals surface area contributed by atoms with Crippen molar-refractivity contribution in [3.63, 3.8) is 0 Å². The summed E-state index contributed by atoms with van der Waals surface area (Å²) in [6.45, 7) is 2.04. The lowest BCUT2D eigenvalue weighted by Gasteiger charge is -2.04. The molecule has 1 aromatic carbocycles. The van der Waals surface area contributed by atoms with Crippen molar-refractivity contribution in [1.82, 2.24) is 4.98 Å². The topological polar surface area (TPSA) is 35.3 Å². The fourth-order valence-corrected chi connectivity index (χ4v) is 1.56. The second kappa shape index (κ2) is 4.17. The van der Waals surface area contributed by atoms with Gasteiger partial charge in [0, 0.05) is 6.42 Å². The fourth-order valence-electron chi connectivity index (χ4n) is 1.56. The Hall–Kier alpha value is -1.77. The Balaban J connectivity index is 2.24. The normalized spacial score (nSPS) is 10.3. The summed E-state index contributed by atoms with van der Waals surface area (Å²) in [7, 11) is 1.67. The molecule has 2 rings (SSSR count). The molecule has 0 atom stereocenters.